The van der Waals surface area contributed by atoms with E-state index in [1.54, 1.807) is 37.4 Å². The fraction of sp³-hybridized carbons (Fsp3) is 0.150. The standard InChI is InChI=1S/C20H19ClN2O4S/c1-14-5-3-6-15(11-14)22-28(25,26)17-8-9-19(21)18(12-17)20(24)23(2)13-16-7-4-10-27-16/h3-12,22H,13H2,1-2H3. The zero-order chi connectivity index (χ0) is 20.3. The number of nitrogens with zero attached hydrogens (tertiary/aromatic N) is 1. The van der Waals surface area contributed by atoms with Crippen LogP contribution in [0, 0.1) is 6.92 Å². The molecule has 0 radical (unpaired) electrons. The van der Waals surface area contributed by atoms with Crippen molar-refractivity contribution in [3.05, 3.63) is 82.8 Å². The zero-order valence-electron chi connectivity index (χ0n) is 15.3. The van der Waals surface area contributed by atoms with Crippen LogP contribution in [0.5, 0.6) is 0 Å². The molecule has 28 heavy (non-hydrogen) atoms. The first-order chi connectivity index (χ1) is 13.3. The first-order valence-corrected chi connectivity index (χ1v) is 10.3. The first kappa shape index (κ1) is 20.0. The Labute approximate surface area is 168 Å². The summed E-state index contributed by atoms with van der Waals surface area (Å²) in [4.78, 5) is 14.1. The molecule has 0 spiro atoms. The van der Waals surface area contributed by atoms with Crippen molar-refractivity contribution in [3.63, 3.8) is 0 Å². The summed E-state index contributed by atoms with van der Waals surface area (Å²) in [6.07, 6.45) is 1.52. The lowest BCUT2D eigenvalue weighted by molar-refractivity contribution is 0.0775. The Balaban J connectivity index is 1.86. The summed E-state index contributed by atoms with van der Waals surface area (Å²) in [5.41, 5.74) is 1.47. The lowest BCUT2D eigenvalue weighted by Crippen LogP contribution is -2.26. The molecule has 0 saturated heterocycles. The van der Waals surface area contributed by atoms with E-state index >= 15 is 0 Å². The summed E-state index contributed by atoms with van der Waals surface area (Å²) in [5.74, 6) is 0.200. The molecular weight excluding hydrogens is 400 g/mol. The number of aryl methyl sites for hydroxylation is 1. The van der Waals surface area contributed by atoms with E-state index < -0.39 is 15.9 Å². The van der Waals surface area contributed by atoms with Crippen molar-refractivity contribution in [2.24, 2.45) is 0 Å². The molecule has 0 fully saturated rings. The summed E-state index contributed by atoms with van der Waals surface area (Å²) in [5, 5.41) is 0.172. The number of anilines is 1. The summed E-state index contributed by atoms with van der Waals surface area (Å²) < 4.78 is 33.2. The number of carbonyl (C=O) groups is 1. The van der Waals surface area contributed by atoms with Gasteiger partial charge in [0.05, 0.1) is 28.3 Å². The fourth-order valence-electron chi connectivity index (χ4n) is 2.67. The lowest BCUT2D eigenvalue weighted by Gasteiger charge is -2.17. The van der Waals surface area contributed by atoms with Crippen LogP contribution in [0.3, 0.4) is 0 Å². The number of carbonyl (C=O) groups excluding carboxylic acids is 1. The van der Waals surface area contributed by atoms with Crippen molar-refractivity contribution in [1.29, 1.82) is 0 Å². The van der Waals surface area contributed by atoms with Crippen LogP contribution in [0.4, 0.5) is 5.69 Å². The maximum atomic E-state index is 12.8. The highest BCUT2D eigenvalue weighted by molar-refractivity contribution is 7.92. The third kappa shape index (κ3) is 4.55. The second-order valence-corrected chi connectivity index (χ2v) is 8.45. The number of benzene rings is 2. The molecule has 1 amide bonds. The van der Waals surface area contributed by atoms with Crippen LogP contribution in [0.25, 0.3) is 0 Å². The van der Waals surface area contributed by atoms with Gasteiger partial charge in [0, 0.05) is 12.7 Å². The van der Waals surface area contributed by atoms with E-state index in [0.29, 0.717) is 11.4 Å². The SMILES string of the molecule is Cc1cccc(NS(=O)(=O)c2ccc(Cl)c(C(=O)N(C)Cc3ccco3)c2)c1. The number of amides is 1. The zero-order valence-corrected chi connectivity index (χ0v) is 16.9. The van der Waals surface area contributed by atoms with Crippen molar-refractivity contribution in [2.45, 2.75) is 18.4 Å². The molecule has 0 saturated carbocycles. The predicted molar refractivity (Wildman–Crippen MR) is 108 cm³/mol. The monoisotopic (exact) mass is 418 g/mol. The van der Waals surface area contributed by atoms with Gasteiger partial charge in [0.25, 0.3) is 15.9 Å². The van der Waals surface area contributed by atoms with Gasteiger partial charge in [0.1, 0.15) is 5.76 Å². The van der Waals surface area contributed by atoms with E-state index in [4.69, 9.17) is 16.0 Å². The Morgan fingerprint density at radius 2 is 1.93 bits per heavy atom. The molecular formula is C20H19ClN2O4S. The molecule has 0 atom stereocenters. The predicted octanol–water partition coefficient (Wildman–Crippen LogP) is 4.31. The molecule has 6 nitrogen and oxygen atoms in total. The smallest absolute Gasteiger partial charge is 0.261 e. The number of nitrogens with one attached hydrogen (secondary N) is 1. The van der Waals surface area contributed by atoms with Crippen LogP contribution < -0.4 is 4.72 Å². The van der Waals surface area contributed by atoms with Gasteiger partial charge in [-0.2, -0.15) is 0 Å². The van der Waals surface area contributed by atoms with Crippen molar-refractivity contribution in [1.82, 2.24) is 4.90 Å². The van der Waals surface area contributed by atoms with Crippen molar-refractivity contribution in [2.75, 3.05) is 11.8 Å². The second-order valence-electron chi connectivity index (χ2n) is 6.36. The maximum Gasteiger partial charge on any atom is 0.261 e. The van der Waals surface area contributed by atoms with Gasteiger partial charge >= 0.3 is 0 Å². The average Bonchev–Trinajstić information content (AvgIpc) is 3.14. The highest BCUT2D eigenvalue weighted by atomic mass is 35.5. The molecule has 0 aliphatic rings. The van der Waals surface area contributed by atoms with E-state index in [9.17, 15) is 13.2 Å². The Kier molecular flexibility index (Phi) is 5.76. The van der Waals surface area contributed by atoms with Crippen LogP contribution in [0.1, 0.15) is 21.7 Å². The maximum absolute atomic E-state index is 12.8. The molecule has 1 heterocycles. The largest absolute Gasteiger partial charge is 0.467 e. The number of furan rings is 1. The molecule has 2 aromatic carbocycles. The Hall–Kier alpha value is -2.77. The minimum atomic E-state index is -3.88. The average molecular weight is 419 g/mol. The van der Waals surface area contributed by atoms with E-state index in [2.05, 4.69) is 4.72 Å². The van der Waals surface area contributed by atoms with Crippen LogP contribution in [0.15, 0.2) is 70.2 Å². The van der Waals surface area contributed by atoms with Gasteiger partial charge in [-0.25, -0.2) is 8.42 Å². The molecule has 3 rings (SSSR count). The molecule has 0 aliphatic carbocycles. The van der Waals surface area contributed by atoms with E-state index in [-0.39, 0.29) is 22.0 Å². The third-order valence-corrected chi connectivity index (χ3v) is 5.78. The van der Waals surface area contributed by atoms with Crippen molar-refractivity contribution >= 4 is 33.2 Å². The van der Waals surface area contributed by atoms with Crippen LogP contribution >= 0.6 is 11.6 Å². The fourth-order valence-corrected chi connectivity index (χ4v) is 3.95. The topological polar surface area (TPSA) is 79.6 Å². The van der Waals surface area contributed by atoms with Crippen molar-refractivity contribution < 1.29 is 17.6 Å². The van der Waals surface area contributed by atoms with Crippen LogP contribution in [-0.2, 0) is 16.6 Å². The van der Waals surface area contributed by atoms with E-state index in [0.717, 1.165) is 5.56 Å². The highest BCUT2D eigenvalue weighted by Crippen LogP contribution is 2.24. The molecule has 0 unspecified atom stereocenters. The van der Waals surface area contributed by atoms with Gasteiger partial charge in [-0.05, 0) is 55.0 Å². The minimum absolute atomic E-state index is 0.0480. The van der Waals surface area contributed by atoms with Crippen LogP contribution in [-0.4, -0.2) is 26.3 Å². The van der Waals surface area contributed by atoms with Gasteiger partial charge in [-0.1, -0.05) is 23.7 Å². The molecule has 1 aromatic heterocycles. The normalized spacial score (nSPS) is 11.2. The van der Waals surface area contributed by atoms with Crippen molar-refractivity contribution in [3.8, 4) is 0 Å². The number of sulfonamides is 1. The molecule has 1 N–H and O–H groups in total. The molecule has 3 aromatic rings. The van der Waals surface area contributed by atoms with Crippen LogP contribution in [0.2, 0.25) is 5.02 Å². The summed E-state index contributed by atoms with van der Waals surface area (Å²) in [6, 6.07) is 14.5. The van der Waals surface area contributed by atoms with Gasteiger partial charge in [0.2, 0.25) is 0 Å². The summed E-state index contributed by atoms with van der Waals surface area (Å²) >= 11 is 6.16. The Morgan fingerprint density at radius 1 is 1.14 bits per heavy atom. The van der Waals surface area contributed by atoms with Gasteiger partial charge in [-0.15, -0.1) is 0 Å². The Bertz CT molecular complexity index is 1100. The number of hydrogen-bond acceptors (Lipinski definition) is 4. The third-order valence-electron chi connectivity index (χ3n) is 4.07. The quantitative estimate of drug-likeness (QED) is 0.646. The highest BCUT2D eigenvalue weighted by Gasteiger charge is 2.21. The molecule has 0 bridgehead atoms. The molecule has 146 valence electrons. The van der Waals surface area contributed by atoms with Gasteiger partial charge < -0.3 is 9.32 Å². The van der Waals surface area contributed by atoms with Gasteiger partial charge in [0.15, 0.2) is 0 Å². The summed E-state index contributed by atoms with van der Waals surface area (Å²) in [7, 11) is -2.29. The number of halogens is 1. The number of hydrogen-bond donors (Lipinski definition) is 1. The first-order valence-electron chi connectivity index (χ1n) is 8.43. The Morgan fingerprint density at radius 3 is 2.61 bits per heavy atom. The lowest BCUT2D eigenvalue weighted by atomic mass is 10.2. The van der Waals surface area contributed by atoms with Gasteiger partial charge in [-0.3, -0.25) is 9.52 Å². The van der Waals surface area contributed by atoms with E-state index in [1.807, 2.05) is 13.0 Å². The molecule has 0 aliphatic heterocycles. The van der Waals surface area contributed by atoms with E-state index in [1.165, 1.54) is 29.4 Å². The summed E-state index contributed by atoms with van der Waals surface area (Å²) in [6.45, 7) is 2.10. The number of rotatable bonds is 6. The minimum Gasteiger partial charge on any atom is -0.467 e. The second kappa shape index (κ2) is 8.08. The molecule has 8 heteroatoms.